The van der Waals surface area contributed by atoms with Crippen molar-refractivity contribution in [3.8, 4) is 0 Å². The fourth-order valence-electron chi connectivity index (χ4n) is 1.44. The number of aliphatic carboxylic acids is 1. The van der Waals surface area contributed by atoms with Gasteiger partial charge in [-0.3, -0.25) is 0 Å². The van der Waals surface area contributed by atoms with Gasteiger partial charge >= 0.3 is 12.0 Å². The van der Waals surface area contributed by atoms with Crippen LogP contribution in [0.4, 0.5) is 13.6 Å². The highest BCUT2D eigenvalue weighted by atomic mass is 19.1. The minimum atomic E-state index is -1.49. The Balaban J connectivity index is 2.59. The van der Waals surface area contributed by atoms with E-state index in [4.69, 9.17) is 10.2 Å². The zero-order valence-electron chi connectivity index (χ0n) is 10.6. The number of hydrogen-bond donors (Lipinski definition) is 4. The summed E-state index contributed by atoms with van der Waals surface area (Å²) >= 11 is 0. The van der Waals surface area contributed by atoms with Gasteiger partial charge in [-0.2, -0.15) is 0 Å². The second-order valence-electron chi connectivity index (χ2n) is 4.12. The van der Waals surface area contributed by atoms with Crippen LogP contribution in [0.25, 0.3) is 0 Å². The van der Waals surface area contributed by atoms with Gasteiger partial charge in [0.25, 0.3) is 0 Å². The standard InChI is InChI=1S/C12H14F2N2O4/c1-6(17)10(11(18)19)16-12(20)15-5-7-4-8(13)2-3-9(7)14/h2-4,6,10,17H,5H2,1H3,(H,18,19)(H2,15,16,20)/t6-,10+/m1/s1. The highest BCUT2D eigenvalue weighted by Gasteiger charge is 2.24. The normalized spacial score (nSPS) is 13.4. The molecule has 0 aliphatic rings. The van der Waals surface area contributed by atoms with Crippen molar-refractivity contribution >= 4 is 12.0 Å². The molecule has 0 saturated heterocycles. The molecule has 2 atom stereocenters. The van der Waals surface area contributed by atoms with Crippen molar-refractivity contribution in [1.29, 1.82) is 0 Å². The molecule has 110 valence electrons. The molecular formula is C12H14F2N2O4. The fourth-order valence-corrected chi connectivity index (χ4v) is 1.44. The molecule has 1 aromatic rings. The first-order chi connectivity index (χ1) is 9.31. The third-order valence-electron chi connectivity index (χ3n) is 2.48. The fraction of sp³-hybridized carbons (Fsp3) is 0.333. The molecule has 1 aromatic carbocycles. The zero-order chi connectivity index (χ0) is 15.3. The van der Waals surface area contributed by atoms with E-state index < -0.39 is 35.8 Å². The van der Waals surface area contributed by atoms with E-state index in [9.17, 15) is 18.4 Å². The number of carbonyl (C=O) groups is 2. The van der Waals surface area contributed by atoms with Crippen LogP contribution in [-0.4, -0.2) is 34.4 Å². The molecule has 0 aliphatic heterocycles. The number of aliphatic hydroxyl groups excluding tert-OH is 1. The number of benzene rings is 1. The minimum absolute atomic E-state index is 0.0796. The van der Waals surface area contributed by atoms with Crippen LogP contribution in [0.3, 0.4) is 0 Å². The summed E-state index contributed by atoms with van der Waals surface area (Å²) < 4.78 is 26.2. The average molecular weight is 288 g/mol. The Morgan fingerprint density at radius 1 is 1.35 bits per heavy atom. The largest absolute Gasteiger partial charge is 0.480 e. The highest BCUT2D eigenvalue weighted by molar-refractivity contribution is 5.82. The number of carbonyl (C=O) groups excluding carboxylic acids is 1. The maximum Gasteiger partial charge on any atom is 0.328 e. The second kappa shape index (κ2) is 6.80. The number of carboxylic acid groups (broad SMARTS) is 1. The summed E-state index contributed by atoms with van der Waals surface area (Å²) in [6.07, 6.45) is -1.30. The number of urea groups is 1. The highest BCUT2D eigenvalue weighted by Crippen LogP contribution is 2.09. The topological polar surface area (TPSA) is 98.7 Å². The Hall–Kier alpha value is -2.22. The number of amides is 2. The predicted molar refractivity (Wildman–Crippen MR) is 64.8 cm³/mol. The quantitative estimate of drug-likeness (QED) is 0.637. The number of carboxylic acids is 1. The molecule has 0 unspecified atom stereocenters. The lowest BCUT2D eigenvalue weighted by Crippen LogP contribution is -2.51. The summed E-state index contributed by atoms with van der Waals surface area (Å²) in [6, 6.07) is 0.362. The van der Waals surface area contributed by atoms with E-state index in [2.05, 4.69) is 5.32 Å². The first-order valence-electron chi connectivity index (χ1n) is 5.70. The molecule has 2 amide bonds. The van der Waals surface area contributed by atoms with Crippen LogP contribution in [0.1, 0.15) is 12.5 Å². The van der Waals surface area contributed by atoms with E-state index in [1.54, 1.807) is 0 Å². The Kier molecular flexibility index (Phi) is 5.39. The van der Waals surface area contributed by atoms with Gasteiger partial charge in [-0.15, -0.1) is 0 Å². The molecule has 0 spiro atoms. The lowest BCUT2D eigenvalue weighted by molar-refractivity contribution is -0.141. The van der Waals surface area contributed by atoms with Crippen molar-refractivity contribution in [3.05, 3.63) is 35.4 Å². The number of hydrogen-bond acceptors (Lipinski definition) is 3. The van der Waals surface area contributed by atoms with Crippen molar-refractivity contribution in [2.24, 2.45) is 0 Å². The van der Waals surface area contributed by atoms with Crippen LogP contribution in [0.15, 0.2) is 18.2 Å². The molecule has 6 nitrogen and oxygen atoms in total. The molecule has 4 N–H and O–H groups in total. The van der Waals surface area contributed by atoms with E-state index >= 15 is 0 Å². The summed E-state index contributed by atoms with van der Waals surface area (Å²) in [7, 11) is 0. The number of halogens is 2. The van der Waals surface area contributed by atoms with E-state index in [1.165, 1.54) is 6.92 Å². The van der Waals surface area contributed by atoms with Crippen molar-refractivity contribution in [1.82, 2.24) is 10.6 Å². The van der Waals surface area contributed by atoms with Gasteiger partial charge in [-0.25, -0.2) is 18.4 Å². The molecular weight excluding hydrogens is 274 g/mol. The number of nitrogens with one attached hydrogen (secondary N) is 2. The summed E-state index contributed by atoms with van der Waals surface area (Å²) in [5.41, 5.74) is -0.0796. The van der Waals surface area contributed by atoms with Crippen LogP contribution in [-0.2, 0) is 11.3 Å². The minimum Gasteiger partial charge on any atom is -0.480 e. The molecule has 0 bridgehead atoms. The van der Waals surface area contributed by atoms with Gasteiger partial charge in [-0.05, 0) is 25.1 Å². The Labute approximate surface area is 113 Å². The summed E-state index contributed by atoms with van der Waals surface area (Å²) in [6.45, 7) is 0.882. The molecule has 20 heavy (non-hydrogen) atoms. The smallest absolute Gasteiger partial charge is 0.328 e. The number of rotatable bonds is 5. The Morgan fingerprint density at radius 2 is 2.00 bits per heavy atom. The zero-order valence-corrected chi connectivity index (χ0v) is 10.6. The van der Waals surface area contributed by atoms with Crippen LogP contribution in [0, 0.1) is 11.6 Å². The van der Waals surface area contributed by atoms with Crippen LogP contribution in [0.5, 0.6) is 0 Å². The summed E-state index contributed by atoms with van der Waals surface area (Å²) in [4.78, 5) is 22.2. The lowest BCUT2D eigenvalue weighted by Gasteiger charge is -2.17. The van der Waals surface area contributed by atoms with Crippen molar-refractivity contribution < 1.29 is 28.6 Å². The lowest BCUT2D eigenvalue weighted by atomic mass is 10.2. The third kappa shape index (κ3) is 4.47. The first kappa shape index (κ1) is 15.8. The molecule has 0 saturated carbocycles. The maximum atomic E-state index is 13.3. The van der Waals surface area contributed by atoms with Gasteiger partial charge in [0.1, 0.15) is 11.6 Å². The van der Waals surface area contributed by atoms with Crippen molar-refractivity contribution in [2.45, 2.75) is 25.6 Å². The van der Waals surface area contributed by atoms with Gasteiger partial charge in [0.2, 0.25) is 0 Å². The molecule has 0 aromatic heterocycles. The third-order valence-corrected chi connectivity index (χ3v) is 2.48. The Morgan fingerprint density at radius 3 is 2.55 bits per heavy atom. The average Bonchev–Trinajstić information content (AvgIpc) is 2.36. The number of aliphatic hydroxyl groups is 1. The molecule has 8 heteroatoms. The summed E-state index contributed by atoms with van der Waals surface area (Å²) in [5.74, 6) is -2.76. The second-order valence-corrected chi connectivity index (χ2v) is 4.12. The molecule has 0 heterocycles. The van der Waals surface area contributed by atoms with E-state index in [0.29, 0.717) is 0 Å². The molecule has 0 radical (unpaired) electrons. The van der Waals surface area contributed by atoms with E-state index in [-0.39, 0.29) is 12.1 Å². The van der Waals surface area contributed by atoms with Crippen LogP contribution in [0.2, 0.25) is 0 Å². The van der Waals surface area contributed by atoms with Crippen molar-refractivity contribution in [3.63, 3.8) is 0 Å². The van der Waals surface area contributed by atoms with E-state index in [0.717, 1.165) is 18.2 Å². The maximum absolute atomic E-state index is 13.3. The van der Waals surface area contributed by atoms with E-state index in [1.807, 2.05) is 5.32 Å². The van der Waals surface area contributed by atoms with Crippen molar-refractivity contribution in [2.75, 3.05) is 0 Å². The van der Waals surface area contributed by atoms with Gasteiger partial charge in [0.05, 0.1) is 6.10 Å². The van der Waals surface area contributed by atoms with Crippen LogP contribution < -0.4 is 10.6 Å². The van der Waals surface area contributed by atoms with Crippen LogP contribution >= 0.6 is 0 Å². The van der Waals surface area contributed by atoms with Gasteiger partial charge in [0, 0.05) is 12.1 Å². The van der Waals surface area contributed by atoms with Gasteiger partial charge in [-0.1, -0.05) is 0 Å². The van der Waals surface area contributed by atoms with Gasteiger partial charge < -0.3 is 20.8 Å². The molecule has 0 aliphatic carbocycles. The predicted octanol–water partition coefficient (Wildman–Crippen LogP) is 0.598. The SMILES string of the molecule is C[C@@H](O)[C@H](NC(=O)NCc1cc(F)ccc1F)C(=O)O. The van der Waals surface area contributed by atoms with Gasteiger partial charge in [0.15, 0.2) is 6.04 Å². The first-order valence-corrected chi connectivity index (χ1v) is 5.70. The molecule has 1 rings (SSSR count). The summed E-state index contributed by atoms with van der Waals surface area (Å²) in [5, 5.41) is 22.1. The monoisotopic (exact) mass is 288 g/mol. The Bertz CT molecular complexity index is 508. The molecule has 0 fully saturated rings.